The third-order valence-electron chi connectivity index (χ3n) is 5.08. The second kappa shape index (κ2) is 7.56. The van der Waals surface area contributed by atoms with Crippen molar-refractivity contribution in [2.75, 3.05) is 18.4 Å². The van der Waals surface area contributed by atoms with Crippen LogP contribution in [0.15, 0.2) is 41.1 Å². The van der Waals surface area contributed by atoms with E-state index in [0.717, 1.165) is 24.2 Å². The molecule has 0 unspecified atom stereocenters. The van der Waals surface area contributed by atoms with Gasteiger partial charge in [0.05, 0.1) is 0 Å². The quantitative estimate of drug-likeness (QED) is 0.699. The number of anilines is 1. The summed E-state index contributed by atoms with van der Waals surface area (Å²) < 4.78 is 7.63. The lowest BCUT2D eigenvalue weighted by atomic mass is 9.87. The van der Waals surface area contributed by atoms with Gasteiger partial charge in [0.1, 0.15) is 11.1 Å². The molecule has 8 heteroatoms. The Morgan fingerprint density at radius 3 is 2.68 bits per heavy atom. The normalized spacial score (nSPS) is 16.5. The third kappa shape index (κ3) is 3.64. The van der Waals surface area contributed by atoms with Gasteiger partial charge in [-0.15, -0.1) is 12.4 Å². The zero-order chi connectivity index (χ0) is 19.1. The first-order valence-electron chi connectivity index (χ1n) is 9.32. The zero-order valence-corrected chi connectivity index (χ0v) is 17.2. The van der Waals surface area contributed by atoms with Crippen LogP contribution in [0.5, 0.6) is 0 Å². The summed E-state index contributed by atoms with van der Waals surface area (Å²) in [5.74, 6) is 0.638. The molecule has 1 aliphatic rings. The molecule has 7 nitrogen and oxygen atoms in total. The van der Waals surface area contributed by atoms with E-state index in [1.54, 1.807) is 10.9 Å². The number of piperidine rings is 1. The summed E-state index contributed by atoms with van der Waals surface area (Å²) in [5, 5.41) is 10.7. The van der Waals surface area contributed by atoms with Crippen molar-refractivity contribution in [1.29, 1.82) is 0 Å². The van der Waals surface area contributed by atoms with Gasteiger partial charge in [0.15, 0.2) is 5.58 Å². The molecule has 3 aromatic rings. The number of amides is 1. The predicted octanol–water partition coefficient (Wildman–Crippen LogP) is 3.46. The van der Waals surface area contributed by atoms with E-state index in [-0.39, 0.29) is 23.7 Å². The minimum absolute atomic E-state index is 0. The minimum Gasteiger partial charge on any atom is -0.440 e. The molecule has 0 atom stereocenters. The fourth-order valence-electron chi connectivity index (χ4n) is 3.50. The van der Waals surface area contributed by atoms with Crippen molar-refractivity contribution in [1.82, 2.24) is 20.1 Å². The highest BCUT2D eigenvalue weighted by molar-refractivity contribution is 5.98. The van der Waals surface area contributed by atoms with Gasteiger partial charge in [0.2, 0.25) is 5.89 Å². The molecule has 0 radical (unpaired) electrons. The topological polar surface area (TPSA) is 85.0 Å². The smallest absolute Gasteiger partial charge is 0.252 e. The number of rotatable bonds is 3. The lowest BCUT2D eigenvalue weighted by molar-refractivity contribution is -0.126. The number of aromatic nitrogens is 3. The van der Waals surface area contributed by atoms with Gasteiger partial charge in [-0.2, -0.15) is 5.10 Å². The van der Waals surface area contributed by atoms with Crippen molar-refractivity contribution >= 4 is 35.1 Å². The number of halogens is 1. The highest BCUT2D eigenvalue weighted by atomic mass is 35.5. The van der Waals surface area contributed by atoms with Crippen LogP contribution in [0.1, 0.15) is 39.5 Å². The van der Waals surface area contributed by atoms with E-state index in [9.17, 15) is 4.79 Å². The van der Waals surface area contributed by atoms with Crippen LogP contribution in [0, 0.1) is 0 Å². The number of nitrogens with zero attached hydrogens (tertiary/aromatic N) is 3. The molecule has 1 amide bonds. The monoisotopic (exact) mass is 403 g/mol. The van der Waals surface area contributed by atoms with Gasteiger partial charge in [-0.05, 0) is 50.2 Å². The van der Waals surface area contributed by atoms with E-state index >= 15 is 0 Å². The predicted molar refractivity (Wildman–Crippen MR) is 111 cm³/mol. The number of fused-ring (bicyclic) bond motifs is 1. The Hall–Kier alpha value is -2.38. The Morgan fingerprint density at radius 1 is 1.29 bits per heavy atom. The number of carbonyl (C=O) groups excluding carboxylic acids is 1. The van der Waals surface area contributed by atoms with Crippen molar-refractivity contribution in [3.8, 4) is 0 Å². The fraction of sp³-hybridized carbons (Fsp3) is 0.450. The first kappa shape index (κ1) is 20.4. The Kier molecular flexibility index (Phi) is 5.50. The second-order valence-electron chi connectivity index (χ2n) is 8.14. The fourth-order valence-corrected chi connectivity index (χ4v) is 3.50. The lowest BCUT2D eigenvalue weighted by Gasteiger charge is -2.36. The summed E-state index contributed by atoms with van der Waals surface area (Å²) in [4.78, 5) is 17.8. The molecule has 28 heavy (non-hydrogen) atoms. The molecular weight excluding hydrogens is 378 g/mol. The van der Waals surface area contributed by atoms with Gasteiger partial charge in [0, 0.05) is 23.5 Å². The number of carbonyl (C=O) groups is 1. The summed E-state index contributed by atoms with van der Waals surface area (Å²) in [6.45, 7) is 7.75. The largest absolute Gasteiger partial charge is 0.440 e. The van der Waals surface area contributed by atoms with Crippen molar-refractivity contribution in [2.24, 2.45) is 0 Å². The summed E-state index contributed by atoms with van der Waals surface area (Å²) in [5.41, 5.74) is 1.34. The van der Waals surface area contributed by atoms with E-state index in [2.05, 4.69) is 41.5 Å². The Bertz CT molecular complexity index is 953. The Balaban J connectivity index is 0.00000225. The molecule has 0 saturated carbocycles. The second-order valence-corrected chi connectivity index (χ2v) is 8.14. The average Bonchev–Trinajstić information content (AvgIpc) is 3.31. The van der Waals surface area contributed by atoms with E-state index in [1.807, 2.05) is 30.5 Å². The summed E-state index contributed by atoms with van der Waals surface area (Å²) in [6.07, 6.45) is 4.97. The summed E-state index contributed by atoms with van der Waals surface area (Å²) in [7, 11) is 0. The van der Waals surface area contributed by atoms with Crippen LogP contribution >= 0.6 is 12.4 Å². The molecule has 2 N–H and O–H groups in total. The molecule has 1 aromatic carbocycles. The van der Waals surface area contributed by atoms with Gasteiger partial charge < -0.3 is 15.1 Å². The molecule has 4 rings (SSSR count). The van der Waals surface area contributed by atoms with E-state index in [0.29, 0.717) is 24.4 Å². The maximum Gasteiger partial charge on any atom is 0.252 e. The van der Waals surface area contributed by atoms with Crippen molar-refractivity contribution in [3.63, 3.8) is 0 Å². The molecule has 0 aliphatic carbocycles. The molecule has 1 aliphatic heterocycles. The summed E-state index contributed by atoms with van der Waals surface area (Å²) in [6, 6.07) is 7.43. The average molecular weight is 404 g/mol. The van der Waals surface area contributed by atoms with Gasteiger partial charge in [-0.3, -0.25) is 9.48 Å². The number of oxazole rings is 1. The van der Waals surface area contributed by atoms with Crippen LogP contribution < -0.4 is 10.6 Å². The highest BCUT2D eigenvalue weighted by Crippen LogP contribution is 2.30. The van der Waals surface area contributed by atoms with E-state index in [4.69, 9.17) is 4.42 Å². The Labute approximate surface area is 170 Å². The zero-order valence-electron chi connectivity index (χ0n) is 16.4. The Morgan fingerprint density at radius 2 is 2.04 bits per heavy atom. The van der Waals surface area contributed by atoms with Crippen LogP contribution in [0.25, 0.3) is 11.1 Å². The van der Waals surface area contributed by atoms with Crippen LogP contribution in [0.3, 0.4) is 0 Å². The molecule has 3 heterocycles. The summed E-state index contributed by atoms with van der Waals surface area (Å²) >= 11 is 0. The molecule has 1 saturated heterocycles. The molecular formula is C20H26ClN5O2. The SMILES string of the molecule is CC(C)(C)c1nc2cc(NC(=O)C3(n4cccn4)CCNCC3)ccc2o1.Cl. The third-order valence-corrected chi connectivity index (χ3v) is 5.08. The van der Waals surface area contributed by atoms with Crippen LogP contribution in [0.2, 0.25) is 0 Å². The standard InChI is InChI=1S/C20H25N5O2.ClH/c1-19(2,3)18-24-15-13-14(5-6-16(15)27-18)23-17(26)20(7-10-21-11-8-20)25-12-4-9-22-25;/h4-6,9,12-13,21H,7-8,10-11H2,1-3H3,(H,23,26);1H. The molecule has 2 aromatic heterocycles. The van der Waals surface area contributed by atoms with Gasteiger partial charge in [0.25, 0.3) is 5.91 Å². The van der Waals surface area contributed by atoms with Crippen molar-refractivity contribution < 1.29 is 9.21 Å². The van der Waals surface area contributed by atoms with Crippen molar-refractivity contribution in [2.45, 2.75) is 44.6 Å². The van der Waals surface area contributed by atoms with E-state index < -0.39 is 5.54 Å². The maximum atomic E-state index is 13.2. The highest BCUT2D eigenvalue weighted by Gasteiger charge is 2.42. The number of hydrogen-bond donors (Lipinski definition) is 2. The van der Waals surface area contributed by atoms with Crippen molar-refractivity contribution in [3.05, 3.63) is 42.5 Å². The number of benzene rings is 1. The maximum absolute atomic E-state index is 13.2. The number of hydrogen-bond acceptors (Lipinski definition) is 5. The first-order valence-corrected chi connectivity index (χ1v) is 9.32. The van der Waals surface area contributed by atoms with Crippen LogP contribution in [0.4, 0.5) is 5.69 Å². The van der Waals surface area contributed by atoms with Crippen LogP contribution in [-0.2, 0) is 15.7 Å². The number of nitrogens with one attached hydrogen (secondary N) is 2. The molecule has 150 valence electrons. The van der Waals surface area contributed by atoms with Gasteiger partial charge in [-0.1, -0.05) is 20.8 Å². The lowest BCUT2D eigenvalue weighted by Crippen LogP contribution is -2.52. The molecule has 0 spiro atoms. The van der Waals surface area contributed by atoms with Gasteiger partial charge in [-0.25, -0.2) is 4.98 Å². The van der Waals surface area contributed by atoms with Crippen LogP contribution in [-0.4, -0.2) is 33.8 Å². The minimum atomic E-state index is -0.676. The van der Waals surface area contributed by atoms with Gasteiger partial charge >= 0.3 is 0 Å². The molecule has 1 fully saturated rings. The molecule has 0 bridgehead atoms. The van der Waals surface area contributed by atoms with E-state index in [1.165, 1.54) is 0 Å². The first-order chi connectivity index (χ1) is 12.9.